The minimum Gasteiger partial charge on any atom is -0.354 e. The highest BCUT2D eigenvalue weighted by molar-refractivity contribution is 14.1. The maximum absolute atomic E-state index is 12.2. The van der Waals surface area contributed by atoms with Gasteiger partial charge in [0.1, 0.15) is 5.82 Å². The normalized spacial score (nSPS) is 15.2. The van der Waals surface area contributed by atoms with Crippen LogP contribution in [0.5, 0.6) is 0 Å². The number of likely N-dealkylation sites (N-methyl/N-ethyl adjacent to an activating group) is 1. The molecular weight excluding hydrogens is 427 g/mol. The predicted octanol–water partition coefficient (Wildman–Crippen LogP) is 2.76. The number of anilines is 1. The zero-order valence-electron chi connectivity index (χ0n) is 14.4. The van der Waals surface area contributed by atoms with Crippen LogP contribution in [-0.4, -0.2) is 48.5 Å². The van der Waals surface area contributed by atoms with Gasteiger partial charge in [0.15, 0.2) is 0 Å². The molecular formula is C19H23IN4O. The molecule has 0 aliphatic carbocycles. The van der Waals surface area contributed by atoms with Crippen molar-refractivity contribution in [1.29, 1.82) is 0 Å². The summed E-state index contributed by atoms with van der Waals surface area (Å²) in [5, 5.41) is 2.95. The van der Waals surface area contributed by atoms with Gasteiger partial charge < -0.3 is 15.1 Å². The molecule has 1 fully saturated rings. The van der Waals surface area contributed by atoms with Gasteiger partial charge in [-0.15, -0.1) is 0 Å². The maximum Gasteiger partial charge on any atom is 0.251 e. The molecule has 2 aromatic rings. The Morgan fingerprint density at radius 3 is 2.64 bits per heavy atom. The Morgan fingerprint density at radius 1 is 1.20 bits per heavy atom. The van der Waals surface area contributed by atoms with Crippen LogP contribution in [0.3, 0.4) is 0 Å². The molecule has 0 unspecified atom stereocenters. The first kappa shape index (κ1) is 18.1. The number of piperazine rings is 1. The van der Waals surface area contributed by atoms with Gasteiger partial charge >= 0.3 is 0 Å². The molecule has 1 aliphatic rings. The first-order valence-electron chi connectivity index (χ1n) is 8.61. The van der Waals surface area contributed by atoms with Crippen molar-refractivity contribution in [2.75, 3.05) is 37.6 Å². The average molecular weight is 450 g/mol. The van der Waals surface area contributed by atoms with Crippen molar-refractivity contribution in [1.82, 2.24) is 15.2 Å². The highest BCUT2D eigenvalue weighted by Gasteiger charge is 2.16. The maximum atomic E-state index is 12.2. The van der Waals surface area contributed by atoms with Gasteiger partial charge in [-0.05, 0) is 59.0 Å². The lowest BCUT2D eigenvalue weighted by Gasteiger charge is -2.34. The lowest BCUT2D eigenvalue weighted by molar-refractivity contribution is 0.0951. The summed E-state index contributed by atoms with van der Waals surface area (Å²) in [6.07, 6.45) is 1.86. The van der Waals surface area contributed by atoms with Crippen LogP contribution in [0, 0.1) is 3.57 Å². The van der Waals surface area contributed by atoms with Crippen molar-refractivity contribution in [2.45, 2.75) is 13.5 Å². The Hall–Kier alpha value is -1.67. The number of pyridine rings is 1. The minimum absolute atomic E-state index is 0.0571. The van der Waals surface area contributed by atoms with Gasteiger partial charge in [-0.2, -0.15) is 0 Å². The third kappa shape index (κ3) is 4.92. The molecule has 1 aromatic heterocycles. The Balaban J connectivity index is 1.53. The molecule has 1 aliphatic heterocycles. The second kappa shape index (κ2) is 8.62. The fourth-order valence-electron chi connectivity index (χ4n) is 2.92. The number of carbonyl (C=O) groups is 1. The van der Waals surface area contributed by atoms with Gasteiger partial charge in [0.05, 0.1) is 0 Å². The Bertz CT molecular complexity index is 712. The number of halogens is 1. The lowest BCUT2D eigenvalue weighted by Crippen LogP contribution is -2.46. The first-order valence-corrected chi connectivity index (χ1v) is 9.69. The summed E-state index contributed by atoms with van der Waals surface area (Å²) in [4.78, 5) is 21.5. The van der Waals surface area contributed by atoms with Crippen LogP contribution >= 0.6 is 22.6 Å². The van der Waals surface area contributed by atoms with E-state index in [0.29, 0.717) is 12.1 Å². The molecule has 2 heterocycles. The molecule has 25 heavy (non-hydrogen) atoms. The Morgan fingerprint density at radius 2 is 2.00 bits per heavy atom. The van der Waals surface area contributed by atoms with Gasteiger partial charge in [0, 0.05) is 48.1 Å². The van der Waals surface area contributed by atoms with E-state index in [1.165, 1.54) is 0 Å². The molecule has 0 atom stereocenters. The molecule has 0 saturated carbocycles. The van der Waals surface area contributed by atoms with Gasteiger partial charge in [-0.1, -0.05) is 19.1 Å². The third-order valence-electron chi connectivity index (χ3n) is 4.49. The highest BCUT2D eigenvalue weighted by atomic mass is 127. The third-order valence-corrected chi connectivity index (χ3v) is 5.16. The molecule has 132 valence electrons. The zero-order chi connectivity index (χ0) is 17.6. The monoisotopic (exact) mass is 450 g/mol. The lowest BCUT2D eigenvalue weighted by atomic mass is 10.2. The second-order valence-corrected chi connectivity index (χ2v) is 7.38. The van der Waals surface area contributed by atoms with E-state index in [-0.39, 0.29) is 5.91 Å². The van der Waals surface area contributed by atoms with Crippen LogP contribution in [-0.2, 0) is 6.54 Å². The number of hydrogen-bond donors (Lipinski definition) is 1. The van der Waals surface area contributed by atoms with Crippen LogP contribution in [0.25, 0.3) is 0 Å². The van der Waals surface area contributed by atoms with E-state index in [2.05, 4.69) is 55.7 Å². The van der Waals surface area contributed by atoms with E-state index in [1.807, 2.05) is 36.5 Å². The number of hydrogen-bond acceptors (Lipinski definition) is 4. The largest absolute Gasteiger partial charge is 0.354 e. The topological polar surface area (TPSA) is 48.5 Å². The standard InChI is InChI=1S/C19H23IN4O/c1-2-23-8-10-24(11-9-23)18-7-6-15(13-21-18)14-22-19(25)16-4-3-5-17(20)12-16/h3-7,12-13H,2,8-11,14H2,1H3,(H,22,25). The summed E-state index contributed by atoms with van der Waals surface area (Å²) >= 11 is 2.21. The van der Waals surface area contributed by atoms with Crippen molar-refractivity contribution >= 4 is 34.3 Å². The summed E-state index contributed by atoms with van der Waals surface area (Å²) in [5.41, 5.74) is 1.69. The van der Waals surface area contributed by atoms with Crippen molar-refractivity contribution in [3.05, 3.63) is 57.3 Å². The molecule has 0 spiro atoms. The zero-order valence-corrected chi connectivity index (χ0v) is 16.6. The van der Waals surface area contributed by atoms with Crippen LogP contribution in [0.4, 0.5) is 5.82 Å². The number of carbonyl (C=O) groups excluding carboxylic acids is 1. The van der Waals surface area contributed by atoms with Gasteiger partial charge in [0.2, 0.25) is 0 Å². The van der Waals surface area contributed by atoms with Crippen molar-refractivity contribution in [3.63, 3.8) is 0 Å². The van der Waals surface area contributed by atoms with E-state index in [1.54, 1.807) is 0 Å². The minimum atomic E-state index is -0.0571. The second-order valence-electron chi connectivity index (χ2n) is 6.14. The molecule has 0 bridgehead atoms. The first-order chi connectivity index (χ1) is 12.2. The van der Waals surface area contributed by atoms with Gasteiger partial charge in [0.25, 0.3) is 5.91 Å². The van der Waals surface area contributed by atoms with Crippen LogP contribution in [0.15, 0.2) is 42.6 Å². The summed E-state index contributed by atoms with van der Waals surface area (Å²) in [7, 11) is 0. The van der Waals surface area contributed by atoms with Gasteiger partial charge in [-0.25, -0.2) is 4.98 Å². The van der Waals surface area contributed by atoms with E-state index >= 15 is 0 Å². The molecule has 5 nitrogen and oxygen atoms in total. The van der Waals surface area contributed by atoms with E-state index in [0.717, 1.165) is 47.7 Å². The number of amides is 1. The smallest absolute Gasteiger partial charge is 0.251 e. The van der Waals surface area contributed by atoms with Crippen molar-refractivity contribution in [2.24, 2.45) is 0 Å². The Labute approximate surface area is 162 Å². The molecule has 6 heteroatoms. The fourth-order valence-corrected chi connectivity index (χ4v) is 3.46. The predicted molar refractivity (Wildman–Crippen MR) is 109 cm³/mol. The molecule has 1 saturated heterocycles. The van der Waals surface area contributed by atoms with Crippen LogP contribution in [0.1, 0.15) is 22.8 Å². The van der Waals surface area contributed by atoms with E-state index < -0.39 is 0 Å². The molecule has 1 N–H and O–H groups in total. The quantitative estimate of drug-likeness (QED) is 0.712. The summed E-state index contributed by atoms with van der Waals surface area (Å²) in [6, 6.07) is 11.7. The molecule has 1 amide bonds. The number of rotatable bonds is 5. The highest BCUT2D eigenvalue weighted by Crippen LogP contribution is 2.14. The average Bonchev–Trinajstić information content (AvgIpc) is 2.66. The van der Waals surface area contributed by atoms with Crippen LogP contribution in [0.2, 0.25) is 0 Å². The van der Waals surface area contributed by atoms with Crippen LogP contribution < -0.4 is 10.2 Å². The summed E-state index contributed by atoms with van der Waals surface area (Å²) < 4.78 is 1.06. The fraction of sp³-hybridized carbons (Fsp3) is 0.368. The van der Waals surface area contributed by atoms with Gasteiger partial charge in [-0.3, -0.25) is 4.79 Å². The molecule has 1 aromatic carbocycles. The number of aromatic nitrogens is 1. The summed E-state index contributed by atoms with van der Waals surface area (Å²) in [6.45, 7) is 8.01. The van der Waals surface area contributed by atoms with E-state index in [4.69, 9.17) is 0 Å². The number of nitrogens with one attached hydrogen (secondary N) is 1. The summed E-state index contributed by atoms with van der Waals surface area (Å²) in [5.74, 6) is 0.960. The SMILES string of the molecule is CCN1CCN(c2ccc(CNC(=O)c3cccc(I)c3)cn2)CC1. The van der Waals surface area contributed by atoms with Crippen molar-refractivity contribution in [3.8, 4) is 0 Å². The number of benzene rings is 1. The van der Waals surface area contributed by atoms with Crippen molar-refractivity contribution < 1.29 is 4.79 Å². The molecule has 3 rings (SSSR count). The molecule has 0 radical (unpaired) electrons. The van der Waals surface area contributed by atoms with E-state index in [9.17, 15) is 4.79 Å². The number of nitrogens with zero attached hydrogens (tertiary/aromatic N) is 3. The Kier molecular flexibility index (Phi) is 6.25.